The molecule has 0 aliphatic rings. The number of hydrogen-bond donors (Lipinski definition) is 2. The summed E-state index contributed by atoms with van der Waals surface area (Å²) in [6.45, 7) is 8.89. The first-order valence-corrected chi connectivity index (χ1v) is 7.03. The molecule has 0 aliphatic carbocycles. The smallest absolute Gasteiger partial charge is 0.304 e. The molecule has 0 radical (unpaired) electrons. The van der Waals surface area contributed by atoms with E-state index in [0.717, 1.165) is 12.0 Å². The second-order valence-electron chi connectivity index (χ2n) is 6.02. The van der Waals surface area contributed by atoms with Gasteiger partial charge in [0.25, 0.3) is 0 Å². The molecule has 20 heavy (non-hydrogen) atoms. The fraction of sp³-hybridized carbons (Fsp3) is 0.562. The monoisotopic (exact) mass is 279 g/mol. The van der Waals surface area contributed by atoms with Gasteiger partial charge < -0.3 is 10.2 Å². The van der Waals surface area contributed by atoms with E-state index in [1.165, 1.54) is 0 Å². The summed E-state index contributed by atoms with van der Waals surface area (Å²) >= 11 is 0. The van der Waals surface area contributed by atoms with Gasteiger partial charge in [-0.05, 0) is 44.9 Å². The van der Waals surface area contributed by atoms with Crippen LogP contribution in [0.5, 0.6) is 5.75 Å². The number of hydrogen-bond acceptors (Lipinski definition) is 3. The lowest BCUT2D eigenvalue weighted by Gasteiger charge is -2.41. The van der Waals surface area contributed by atoms with Crippen molar-refractivity contribution in [1.82, 2.24) is 4.90 Å². The standard InChI is InChI=1S/C16H25NO3/c1-5-14(12-6-8-13(18)9-7-12)17(16(2,3)4)11-10-15(19)20/h6-9,14,18H,5,10-11H2,1-4H3,(H,19,20). The van der Waals surface area contributed by atoms with Crippen molar-refractivity contribution in [2.75, 3.05) is 6.54 Å². The summed E-state index contributed by atoms with van der Waals surface area (Å²) in [6.07, 6.45) is 1.02. The summed E-state index contributed by atoms with van der Waals surface area (Å²) in [5, 5.41) is 18.3. The maximum absolute atomic E-state index is 10.9. The minimum Gasteiger partial charge on any atom is -0.508 e. The fourth-order valence-electron chi connectivity index (χ4n) is 2.51. The molecule has 4 heteroatoms. The van der Waals surface area contributed by atoms with Gasteiger partial charge in [0, 0.05) is 18.1 Å². The number of aliphatic carboxylic acids is 1. The van der Waals surface area contributed by atoms with E-state index >= 15 is 0 Å². The normalized spacial score (nSPS) is 13.4. The zero-order valence-corrected chi connectivity index (χ0v) is 12.8. The first kappa shape index (κ1) is 16.5. The molecule has 2 N–H and O–H groups in total. The number of carboxylic acid groups (broad SMARTS) is 1. The first-order valence-electron chi connectivity index (χ1n) is 7.03. The van der Waals surface area contributed by atoms with Crippen molar-refractivity contribution in [2.45, 2.75) is 52.1 Å². The molecule has 0 aromatic heterocycles. The highest BCUT2D eigenvalue weighted by Gasteiger charge is 2.29. The van der Waals surface area contributed by atoms with Crippen LogP contribution in [0, 0.1) is 0 Å². The molecule has 0 saturated carbocycles. The molecule has 112 valence electrons. The number of nitrogens with zero attached hydrogens (tertiary/aromatic N) is 1. The van der Waals surface area contributed by atoms with Gasteiger partial charge in [0.2, 0.25) is 0 Å². The summed E-state index contributed by atoms with van der Waals surface area (Å²) in [5.74, 6) is -0.531. The number of aromatic hydroxyl groups is 1. The van der Waals surface area contributed by atoms with Crippen molar-refractivity contribution in [3.8, 4) is 5.75 Å². The lowest BCUT2D eigenvalue weighted by Crippen LogP contribution is -2.44. The zero-order valence-electron chi connectivity index (χ0n) is 12.8. The third-order valence-corrected chi connectivity index (χ3v) is 3.47. The third kappa shape index (κ3) is 4.53. The van der Waals surface area contributed by atoms with E-state index in [0.29, 0.717) is 6.54 Å². The van der Waals surface area contributed by atoms with E-state index in [9.17, 15) is 9.90 Å². The van der Waals surface area contributed by atoms with Gasteiger partial charge in [0.05, 0.1) is 6.42 Å². The Labute approximate surface area is 121 Å². The summed E-state index contributed by atoms with van der Waals surface area (Å²) in [5.41, 5.74) is 0.985. The summed E-state index contributed by atoms with van der Waals surface area (Å²) < 4.78 is 0. The average molecular weight is 279 g/mol. The van der Waals surface area contributed by atoms with Crippen LogP contribution in [-0.2, 0) is 4.79 Å². The van der Waals surface area contributed by atoms with Crippen LogP contribution in [0.15, 0.2) is 24.3 Å². The van der Waals surface area contributed by atoms with E-state index in [1.807, 2.05) is 12.1 Å². The second-order valence-corrected chi connectivity index (χ2v) is 6.02. The zero-order chi connectivity index (χ0) is 15.3. The summed E-state index contributed by atoms with van der Waals surface area (Å²) in [4.78, 5) is 13.1. The van der Waals surface area contributed by atoms with Gasteiger partial charge in [0.15, 0.2) is 0 Å². The molecule has 1 aromatic carbocycles. The van der Waals surface area contributed by atoms with E-state index in [2.05, 4.69) is 32.6 Å². The molecular weight excluding hydrogens is 254 g/mol. The molecule has 4 nitrogen and oxygen atoms in total. The molecule has 1 unspecified atom stereocenters. The average Bonchev–Trinajstić information content (AvgIpc) is 2.34. The largest absolute Gasteiger partial charge is 0.508 e. The van der Waals surface area contributed by atoms with Crippen molar-refractivity contribution >= 4 is 5.97 Å². The molecule has 0 fully saturated rings. The van der Waals surface area contributed by atoms with Crippen LogP contribution in [0.25, 0.3) is 0 Å². The highest BCUT2D eigenvalue weighted by Crippen LogP contribution is 2.31. The Kier molecular flexibility index (Phi) is 5.57. The van der Waals surface area contributed by atoms with E-state index in [1.54, 1.807) is 12.1 Å². The van der Waals surface area contributed by atoms with Crippen molar-refractivity contribution in [1.29, 1.82) is 0 Å². The van der Waals surface area contributed by atoms with Gasteiger partial charge in [-0.2, -0.15) is 0 Å². The number of carboxylic acids is 1. The molecule has 0 heterocycles. The van der Waals surface area contributed by atoms with Crippen LogP contribution in [0.1, 0.15) is 52.1 Å². The van der Waals surface area contributed by atoms with Crippen LogP contribution in [-0.4, -0.2) is 33.2 Å². The molecule has 1 aromatic rings. The molecule has 0 bridgehead atoms. The molecule has 1 atom stereocenters. The van der Waals surface area contributed by atoms with Crippen LogP contribution >= 0.6 is 0 Å². The molecular formula is C16H25NO3. The number of benzene rings is 1. The maximum atomic E-state index is 10.9. The molecule has 0 aliphatic heterocycles. The Hall–Kier alpha value is -1.55. The van der Waals surface area contributed by atoms with Crippen LogP contribution in [0.3, 0.4) is 0 Å². The number of phenolic OH excluding ortho intramolecular Hbond substituents is 1. The van der Waals surface area contributed by atoms with Crippen molar-refractivity contribution in [2.24, 2.45) is 0 Å². The molecule has 0 saturated heterocycles. The minimum absolute atomic E-state index is 0.117. The summed E-state index contributed by atoms with van der Waals surface area (Å²) in [7, 11) is 0. The van der Waals surface area contributed by atoms with Crippen molar-refractivity contribution in [3.05, 3.63) is 29.8 Å². The van der Waals surface area contributed by atoms with E-state index in [-0.39, 0.29) is 23.8 Å². The fourth-order valence-corrected chi connectivity index (χ4v) is 2.51. The predicted molar refractivity (Wildman–Crippen MR) is 79.9 cm³/mol. The lowest BCUT2D eigenvalue weighted by atomic mass is 9.95. The van der Waals surface area contributed by atoms with Crippen LogP contribution in [0.4, 0.5) is 0 Å². The SMILES string of the molecule is CCC(c1ccc(O)cc1)N(CCC(=O)O)C(C)(C)C. The maximum Gasteiger partial charge on any atom is 0.304 e. The second kappa shape index (κ2) is 6.75. The Morgan fingerprint density at radius 3 is 2.20 bits per heavy atom. The minimum atomic E-state index is -0.778. The van der Waals surface area contributed by atoms with E-state index in [4.69, 9.17) is 5.11 Å². The van der Waals surface area contributed by atoms with Gasteiger partial charge in [-0.25, -0.2) is 0 Å². The highest BCUT2D eigenvalue weighted by molar-refractivity contribution is 5.66. The Morgan fingerprint density at radius 1 is 1.25 bits per heavy atom. The molecule has 0 amide bonds. The van der Waals surface area contributed by atoms with Crippen molar-refractivity contribution < 1.29 is 15.0 Å². The topological polar surface area (TPSA) is 60.8 Å². The highest BCUT2D eigenvalue weighted by atomic mass is 16.4. The van der Waals surface area contributed by atoms with Gasteiger partial charge in [-0.15, -0.1) is 0 Å². The Bertz CT molecular complexity index is 434. The molecule has 0 spiro atoms. The van der Waals surface area contributed by atoms with E-state index < -0.39 is 5.97 Å². The van der Waals surface area contributed by atoms with Gasteiger partial charge in [-0.1, -0.05) is 19.1 Å². The van der Waals surface area contributed by atoms with Gasteiger partial charge in [-0.3, -0.25) is 9.69 Å². The Morgan fingerprint density at radius 2 is 1.80 bits per heavy atom. The Balaban J connectivity index is 3.01. The van der Waals surface area contributed by atoms with Crippen molar-refractivity contribution in [3.63, 3.8) is 0 Å². The number of rotatable bonds is 6. The quantitative estimate of drug-likeness (QED) is 0.837. The lowest BCUT2D eigenvalue weighted by molar-refractivity contribution is -0.137. The third-order valence-electron chi connectivity index (χ3n) is 3.47. The van der Waals surface area contributed by atoms with Crippen LogP contribution < -0.4 is 0 Å². The predicted octanol–water partition coefficient (Wildman–Crippen LogP) is 3.42. The number of carbonyl (C=O) groups is 1. The van der Waals surface area contributed by atoms with Gasteiger partial charge in [0.1, 0.15) is 5.75 Å². The number of phenols is 1. The van der Waals surface area contributed by atoms with Gasteiger partial charge >= 0.3 is 5.97 Å². The first-order chi connectivity index (χ1) is 9.25. The van der Waals surface area contributed by atoms with Crippen LogP contribution in [0.2, 0.25) is 0 Å². The summed E-state index contributed by atoms with van der Waals surface area (Å²) in [6, 6.07) is 7.31. The molecule has 1 rings (SSSR count).